The van der Waals surface area contributed by atoms with Crippen molar-refractivity contribution in [2.75, 3.05) is 0 Å². The second-order valence-corrected chi connectivity index (χ2v) is 5.82. The average Bonchev–Trinajstić information content (AvgIpc) is 3.31. The Morgan fingerprint density at radius 2 is 2.23 bits per heavy atom. The first kappa shape index (κ1) is 16.1. The molecule has 1 amide bonds. The number of hydrogen-bond donors (Lipinski definition) is 2. The van der Waals surface area contributed by atoms with Gasteiger partial charge in [-0.1, -0.05) is 16.8 Å². The van der Waals surface area contributed by atoms with Crippen LogP contribution >= 0.6 is 11.6 Å². The van der Waals surface area contributed by atoms with E-state index in [0.717, 1.165) is 5.39 Å². The third-order valence-corrected chi connectivity index (χ3v) is 4.04. The molecule has 0 aliphatic rings. The summed E-state index contributed by atoms with van der Waals surface area (Å²) < 4.78 is 10.9. The van der Waals surface area contributed by atoms with Crippen molar-refractivity contribution in [1.29, 1.82) is 0 Å². The summed E-state index contributed by atoms with van der Waals surface area (Å²) in [5, 5.41) is 5.25. The Labute approximate surface area is 151 Å². The van der Waals surface area contributed by atoms with Gasteiger partial charge in [-0.3, -0.25) is 9.78 Å². The lowest BCUT2D eigenvalue weighted by atomic mass is 10.2. The summed E-state index contributed by atoms with van der Waals surface area (Å²) in [6, 6.07) is 8.70. The van der Waals surface area contributed by atoms with E-state index in [-0.39, 0.29) is 12.5 Å². The summed E-state index contributed by atoms with van der Waals surface area (Å²) in [7, 11) is 0. The Morgan fingerprint density at radius 1 is 1.35 bits per heavy atom. The molecule has 4 rings (SSSR count). The molecule has 8 nitrogen and oxygen atoms in total. The van der Waals surface area contributed by atoms with Crippen molar-refractivity contribution in [2.45, 2.75) is 6.61 Å². The molecule has 0 radical (unpaired) electrons. The number of halogens is 1. The van der Waals surface area contributed by atoms with E-state index in [1.165, 1.54) is 6.20 Å². The molecular weight excluding hydrogens is 358 g/mol. The predicted molar refractivity (Wildman–Crippen MR) is 93.7 cm³/mol. The molecule has 4 aromatic rings. The van der Waals surface area contributed by atoms with E-state index in [4.69, 9.17) is 26.6 Å². The van der Waals surface area contributed by atoms with Gasteiger partial charge in [0.1, 0.15) is 11.3 Å². The zero-order valence-electron chi connectivity index (χ0n) is 13.3. The number of nitrogens with zero attached hydrogens (tertiary/aromatic N) is 3. The first-order valence-corrected chi connectivity index (χ1v) is 7.97. The molecule has 130 valence electrons. The van der Waals surface area contributed by atoms with Gasteiger partial charge in [0.15, 0.2) is 6.61 Å². The molecule has 0 aliphatic heterocycles. The van der Waals surface area contributed by atoms with Gasteiger partial charge < -0.3 is 20.0 Å². The van der Waals surface area contributed by atoms with Gasteiger partial charge in [0.25, 0.3) is 5.89 Å². The highest BCUT2D eigenvalue weighted by Crippen LogP contribution is 2.30. The second kappa shape index (κ2) is 6.49. The number of hydrogen-bond acceptors (Lipinski definition) is 6. The monoisotopic (exact) mass is 369 g/mol. The van der Waals surface area contributed by atoms with Gasteiger partial charge in [0.05, 0.1) is 16.3 Å². The van der Waals surface area contributed by atoms with Gasteiger partial charge in [-0.15, -0.1) is 0 Å². The number of carbonyl (C=O) groups is 1. The highest BCUT2D eigenvalue weighted by molar-refractivity contribution is 6.35. The minimum absolute atomic E-state index is 0.0592. The number of amides is 1. The van der Waals surface area contributed by atoms with Crippen molar-refractivity contribution in [3.05, 3.63) is 59.2 Å². The van der Waals surface area contributed by atoms with E-state index < -0.39 is 5.91 Å². The maximum atomic E-state index is 11.1. The fourth-order valence-electron chi connectivity index (χ4n) is 2.46. The third-order valence-electron chi connectivity index (χ3n) is 3.71. The average molecular weight is 370 g/mol. The zero-order chi connectivity index (χ0) is 18.1. The first-order chi connectivity index (χ1) is 12.6. The van der Waals surface area contributed by atoms with Crippen molar-refractivity contribution in [3.63, 3.8) is 0 Å². The van der Waals surface area contributed by atoms with Crippen LogP contribution < -0.4 is 10.5 Å². The van der Waals surface area contributed by atoms with Gasteiger partial charge in [-0.2, -0.15) is 4.98 Å². The molecule has 3 N–H and O–H groups in total. The molecule has 0 bridgehead atoms. The minimum Gasteiger partial charge on any atom is -0.481 e. The number of aromatic amines is 1. The van der Waals surface area contributed by atoms with Crippen LogP contribution in [0.5, 0.6) is 5.75 Å². The maximum Gasteiger partial charge on any atom is 0.264 e. The summed E-state index contributed by atoms with van der Waals surface area (Å²) in [4.78, 5) is 22.5. The van der Waals surface area contributed by atoms with Crippen LogP contribution in [-0.2, 0) is 6.61 Å². The van der Waals surface area contributed by atoms with Crippen LogP contribution in [0.1, 0.15) is 16.2 Å². The van der Waals surface area contributed by atoms with Crippen molar-refractivity contribution in [1.82, 2.24) is 20.1 Å². The zero-order valence-corrected chi connectivity index (χ0v) is 14.0. The lowest BCUT2D eigenvalue weighted by Gasteiger charge is -2.07. The highest BCUT2D eigenvalue weighted by atomic mass is 35.5. The molecular formula is C17H12ClN5O3. The molecule has 3 heterocycles. The SMILES string of the molecule is NC(=O)c1c[nH]c(-c2noc(COc3ccc(Cl)c4cccnc34)n2)c1. The largest absolute Gasteiger partial charge is 0.481 e. The molecule has 0 saturated heterocycles. The summed E-state index contributed by atoms with van der Waals surface area (Å²) >= 11 is 6.17. The molecule has 0 spiro atoms. The number of fused-ring (bicyclic) bond motifs is 1. The fourth-order valence-corrected chi connectivity index (χ4v) is 2.67. The number of benzene rings is 1. The highest BCUT2D eigenvalue weighted by Gasteiger charge is 2.14. The summed E-state index contributed by atoms with van der Waals surface area (Å²) in [5.41, 5.74) is 6.72. The van der Waals surface area contributed by atoms with E-state index in [1.54, 1.807) is 30.5 Å². The molecule has 0 saturated carbocycles. The van der Waals surface area contributed by atoms with Crippen LogP contribution in [0.4, 0.5) is 0 Å². The third kappa shape index (κ3) is 2.98. The van der Waals surface area contributed by atoms with E-state index in [1.807, 2.05) is 6.07 Å². The van der Waals surface area contributed by atoms with Gasteiger partial charge in [-0.25, -0.2) is 0 Å². The van der Waals surface area contributed by atoms with E-state index in [2.05, 4.69) is 20.1 Å². The summed E-state index contributed by atoms with van der Waals surface area (Å²) in [5.74, 6) is 0.590. The first-order valence-electron chi connectivity index (χ1n) is 7.59. The molecule has 26 heavy (non-hydrogen) atoms. The van der Waals surface area contributed by atoms with Crippen molar-refractivity contribution >= 4 is 28.4 Å². The topological polar surface area (TPSA) is 120 Å². The van der Waals surface area contributed by atoms with E-state index in [9.17, 15) is 4.79 Å². The Morgan fingerprint density at radius 3 is 3.04 bits per heavy atom. The Balaban J connectivity index is 1.53. The normalized spacial score (nSPS) is 11.0. The number of rotatable bonds is 5. The number of nitrogens with one attached hydrogen (secondary N) is 1. The maximum absolute atomic E-state index is 11.1. The molecule has 0 atom stereocenters. The number of nitrogens with two attached hydrogens (primary N) is 1. The van der Waals surface area contributed by atoms with Crippen LogP contribution in [0.15, 0.2) is 47.2 Å². The molecule has 1 aromatic carbocycles. The van der Waals surface area contributed by atoms with Crippen molar-refractivity contribution < 1.29 is 14.1 Å². The predicted octanol–water partition coefficient (Wildman–Crippen LogP) is 2.94. The number of aromatic nitrogens is 4. The Bertz CT molecular complexity index is 1100. The van der Waals surface area contributed by atoms with E-state index >= 15 is 0 Å². The molecule has 9 heteroatoms. The minimum atomic E-state index is -0.540. The standard InChI is InChI=1S/C17H12ClN5O3/c18-11-3-4-13(15-10(11)2-1-5-20-15)25-8-14-22-17(23-26-14)12-6-9(7-21-12)16(19)24/h1-7,21H,8H2,(H2,19,24). The quantitative estimate of drug-likeness (QED) is 0.558. The van der Waals surface area contributed by atoms with Crippen LogP contribution in [-0.4, -0.2) is 26.0 Å². The van der Waals surface area contributed by atoms with Crippen LogP contribution in [0.2, 0.25) is 5.02 Å². The number of primary amides is 1. The lowest BCUT2D eigenvalue weighted by molar-refractivity contribution is 0.100. The van der Waals surface area contributed by atoms with Gasteiger partial charge in [-0.05, 0) is 30.3 Å². The summed E-state index contributed by atoms with van der Waals surface area (Å²) in [6.07, 6.45) is 3.15. The smallest absolute Gasteiger partial charge is 0.264 e. The number of carbonyl (C=O) groups excluding carboxylic acids is 1. The molecule has 0 unspecified atom stereocenters. The number of pyridine rings is 1. The van der Waals surface area contributed by atoms with Crippen molar-refractivity contribution in [3.8, 4) is 17.3 Å². The van der Waals surface area contributed by atoms with Gasteiger partial charge >= 0.3 is 0 Å². The fraction of sp³-hybridized carbons (Fsp3) is 0.0588. The van der Waals surface area contributed by atoms with Crippen molar-refractivity contribution in [2.24, 2.45) is 5.73 Å². The van der Waals surface area contributed by atoms with Crippen LogP contribution in [0, 0.1) is 0 Å². The number of H-pyrrole nitrogens is 1. The Hall–Kier alpha value is -3.39. The second-order valence-electron chi connectivity index (χ2n) is 5.41. The van der Waals surface area contributed by atoms with Crippen LogP contribution in [0.25, 0.3) is 22.4 Å². The van der Waals surface area contributed by atoms with Crippen LogP contribution in [0.3, 0.4) is 0 Å². The van der Waals surface area contributed by atoms with E-state index in [0.29, 0.717) is 33.4 Å². The lowest BCUT2D eigenvalue weighted by Crippen LogP contribution is -2.09. The van der Waals surface area contributed by atoms with Gasteiger partial charge in [0.2, 0.25) is 11.7 Å². The molecule has 0 aliphatic carbocycles. The molecule has 0 fully saturated rings. The Kier molecular flexibility index (Phi) is 4.02. The number of ether oxygens (including phenoxy) is 1. The van der Waals surface area contributed by atoms with Gasteiger partial charge in [0, 0.05) is 17.8 Å². The molecule has 3 aromatic heterocycles. The summed E-state index contributed by atoms with van der Waals surface area (Å²) in [6.45, 7) is 0.0592.